The van der Waals surface area contributed by atoms with Gasteiger partial charge >= 0.3 is 5.97 Å². The van der Waals surface area contributed by atoms with E-state index >= 15 is 0 Å². The molecule has 0 aliphatic carbocycles. The van der Waals surface area contributed by atoms with Crippen molar-refractivity contribution in [2.24, 2.45) is 0 Å². The first-order valence-corrected chi connectivity index (χ1v) is 3.51. The Morgan fingerprint density at radius 1 is 1.29 bits per heavy atom. The van der Waals surface area contributed by atoms with Crippen molar-refractivity contribution in [3.05, 3.63) is 12.3 Å². The molecule has 0 unspecified atom stereocenters. The van der Waals surface area contributed by atoms with Gasteiger partial charge in [0.05, 0.1) is 0 Å². The smallest absolute Gasteiger partial charge is 0.329 e. The summed E-state index contributed by atoms with van der Waals surface area (Å²) in [7, 11) is 0. The number of nitrogens with zero attached hydrogens (tertiary/aromatic N) is 3. The Kier molecular flexibility index (Phi) is 2.79. The first kappa shape index (κ1) is 9.71. The van der Waals surface area contributed by atoms with Gasteiger partial charge in [0.2, 0.25) is 17.8 Å². The number of rotatable bonds is 3. The summed E-state index contributed by atoms with van der Waals surface area (Å²) in [5.41, 5.74) is 10.5. The molecule has 1 aromatic rings. The molecule has 6 N–H and O–H groups in total. The molecular formula is C6H8N6O2. The minimum atomic E-state index is -1.09. The number of carboxylic acids is 1. The summed E-state index contributed by atoms with van der Waals surface area (Å²) in [6.45, 7) is 0. The van der Waals surface area contributed by atoms with Gasteiger partial charge < -0.3 is 21.9 Å². The van der Waals surface area contributed by atoms with E-state index in [0.717, 1.165) is 12.3 Å². The van der Waals surface area contributed by atoms with E-state index in [1.807, 2.05) is 0 Å². The molecule has 0 saturated carbocycles. The quantitative estimate of drug-likeness (QED) is 0.453. The van der Waals surface area contributed by atoms with Crippen molar-refractivity contribution < 1.29 is 9.90 Å². The van der Waals surface area contributed by atoms with E-state index in [4.69, 9.17) is 16.6 Å². The number of aromatic nitrogens is 3. The lowest BCUT2D eigenvalue weighted by atomic mass is 10.6. The number of nitrogen functional groups attached to an aromatic ring is 2. The Bertz CT molecular complexity index is 356. The molecule has 74 valence electrons. The van der Waals surface area contributed by atoms with E-state index in [2.05, 4.69) is 20.3 Å². The van der Waals surface area contributed by atoms with Gasteiger partial charge in [-0.3, -0.25) is 0 Å². The maximum Gasteiger partial charge on any atom is 0.329 e. The number of carboxylic acid groups (broad SMARTS) is 1. The van der Waals surface area contributed by atoms with Crippen LogP contribution in [-0.2, 0) is 4.79 Å². The van der Waals surface area contributed by atoms with Gasteiger partial charge in [0, 0.05) is 12.3 Å². The van der Waals surface area contributed by atoms with Crippen LogP contribution in [0, 0.1) is 0 Å². The van der Waals surface area contributed by atoms with Crippen LogP contribution in [0.15, 0.2) is 12.3 Å². The van der Waals surface area contributed by atoms with Crippen molar-refractivity contribution in [3.63, 3.8) is 0 Å². The Morgan fingerprint density at radius 2 is 1.86 bits per heavy atom. The third-order valence-electron chi connectivity index (χ3n) is 1.11. The molecule has 0 radical (unpaired) electrons. The zero-order valence-electron chi connectivity index (χ0n) is 7.01. The first-order chi connectivity index (χ1) is 6.58. The first-order valence-electron chi connectivity index (χ1n) is 3.51. The predicted octanol–water partition coefficient (Wildman–Crippen LogP) is -0.954. The van der Waals surface area contributed by atoms with Crippen LogP contribution in [0.25, 0.3) is 0 Å². The molecule has 1 aromatic heterocycles. The number of nitrogens with one attached hydrogen (secondary N) is 1. The highest BCUT2D eigenvalue weighted by Crippen LogP contribution is 2.02. The second-order valence-electron chi connectivity index (χ2n) is 2.19. The minimum Gasteiger partial charge on any atom is -0.478 e. The van der Waals surface area contributed by atoms with Gasteiger partial charge in [-0.05, 0) is 0 Å². The maximum atomic E-state index is 10.1. The van der Waals surface area contributed by atoms with Gasteiger partial charge in [0.1, 0.15) is 0 Å². The highest BCUT2D eigenvalue weighted by molar-refractivity contribution is 5.80. The summed E-state index contributed by atoms with van der Waals surface area (Å²) in [5, 5.41) is 10.7. The highest BCUT2D eigenvalue weighted by atomic mass is 16.4. The summed E-state index contributed by atoms with van der Waals surface area (Å²) in [4.78, 5) is 20.9. The lowest BCUT2D eigenvalue weighted by Crippen LogP contribution is -2.06. The van der Waals surface area contributed by atoms with Crippen molar-refractivity contribution in [3.8, 4) is 0 Å². The SMILES string of the molecule is Nc1nc(N)nc(N/C=C\C(=O)O)n1. The Labute approximate surface area is 78.7 Å². The van der Waals surface area contributed by atoms with Crippen LogP contribution in [0.5, 0.6) is 0 Å². The zero-order valence-corrected chi connectivity index (χ0v) is 7.01. The average molecular weight is 196 g/mol. The third-order valence-corrected chi connectivity index (χ3v) is 1.11. The van der Waals surface area contributed by atoms with Crippen molar-refractivity contribution in [2.45, 2.75) is 0 Å². The van der Waals surface area contributed by atoms with Crippen LogP contribution in [-0.4, -0.2) is 26.0 Å². The van der Waals surface area contributed by atoms with Gasteiger partial charge in [0.15, 0.2) is 0 Å². The third kappa shape index (κ3) is 2.93. The van der Waals surface area contributed by atoms with E-state index < -0.39 is 5.97 Å². The van der Waals surface area contributed by atoms with Gasteiger partial charge in [-0.2, -0.15) is 15.0 Å². The van der Waals surface area contributed by atoms with E-state index in [1.54, 1.807) is 0 Å². The molecule has 0 atom stereocenters. The van der Waals surface area contributed by atoms with Gasteiger partial charge in [-0.15, -0.1) is 0 Å². The summed E-state index contributed by atoms with van der Waals surface area (Å²) in [6.07, 6.45) is 2.03. The highest BCUT2D eigenvalue weighted by Gasteiger charge is 1.98. The molecule has 14 heavy (non-hydrogen) atoms. The number of nitrogens with two attached hydrogens (primary N) is 2. The Morgan fingerprint density at radius 3 is 2.36 bits per heavy atom. The van der Waals surface area contributed by atoms with Crippen LogP contribution in [0.3, 0.4) is 0 Å². The molecule has 8 heteroatoms. The van der Waals surface area contributed by atoms with Crippen LogP contribution in [0.1, 0.15) is 0 Å². The molecule has 8 nitrogen and oxygen atoms in total. The topological polar surface area (TPSA) is 140 Å². The van der Waals surface area contributed by atoms with E-state index in [0.29, 0.717) is 0 Å². The normalized spacial score (nSPS) is 10.3. The summed E-state index contributed by atoms with van der Waals surface area (Å²) >= 11 is 0. The van der Waals surface area contributed by atoms with Crippen LogP contribution >= 0.6 is 0 Å². The molecule has 0 saturated heterocycles. The monoisotopic (exact) mass is 196 g/mol. The minimum absolute atomic E-state index is 0.0382. The summed E-state index contributed by atoms with van der Waals surface area (Å²) in [6, 6.07) is 0. The molecule has 0 aliphatic rings. The van der Waals surface area contributed by atoms with Gasteiger partial charge in [0.25, 0.3) is 0 Å². The molecule has 0 bridgehead atoms. The number of carbonyl (C=O) groups is 1. The van der Waals surface area contributed by atoms with Gasteiger partial charge in [-0.25, -0.2) is 4.79 Å². The van der Waals surface area contributed by atoms with E-state index in [1.165, 1.54) is 0 Å². The molecule has 0 aromatic carbocycles. The predicted molar refractivity (Wildman–Crippen MR) is 49.1 cm³/mol. The van der Waals surface area contributed by atoms with Crippen molar-refractivity contribution in [1.82, 2.24) is 15.0 Å². The second-order valence-corrected chi connectivity index (χ2v) is 2.19. The van der Waals surface area contributed by atoms with Gasteiger partial charge in [-0.1, -0.05) is 0 Å². The van der Waals surface area contributed by atoms with Crippen molar-refractivity contribution >= 4 is 23.8 Å². The zero-order chi connectivity index (χ0) is 10.6. The van der Waals surface area contributed by atoms with Crippen LogP contribution < -0.4 is 16.8 Å². The summed E-state index contributed by atoms with van der Waals surface area (Å²) < 4.78 is 0. The maximum absolute atomic E-state index is 10.1. The van der Waals surface area contributed by atoms with Crippen LogP contribution in [0.2, 0.25) is 0 Å². The van der Waals surface area contributed by atoms with Crippen LogP contribution in [0.4, 0.5) is 17.8 Å². The molecule has 0 amide bonds. The van der Waals surface area contributed by atoms with E-state index in [9.17, 15) is 4.79 Å². The lowest BCUT2D eigenvalue weighted by Gasteiger charge is -1.99. The Hall–Kier alpha value is -2.38. The van der Waals surface area contributed by atoms with Crippen molar-refractivity contribution in [1.29, 1.82) is 0 Å². The molecule has 1 rings (SSSR count). The summed E-state index contributed by atoms with van der Waals surface area (Å²) in [5.74, 6) is -1.08. The fourth-order valence-corrected chi connectivity index (χ4v) is 0.661. The van der Waals surface area contributed by atoms with Crippen molar-refractivity contribution in [2.75, 3.05) is 16.8 Å². The molecule has 0 fully saturated rings. The molecule has 0 spiro atoms. The molecular weight excluding hydrogens is 188 g/mol. The molecule has 1 heterocycles. The number of anilines is 3. The number of hydrogen-bond acceptors (Lipinski definition) is 7. The fourth-order valence-electron chi connectivity index (χ4n) is 0.661. The fraction of sp³-hybridized carbons (Fsp3) is 0. The second kappa shape index (κ2) is 4.03. The number of aliphatic carboxylic acids is 1. The lowest BCUT2D eigenvalue weighted by molar-refractivity contribution is -0.131. The molecule has 0 aliphatic heterocycles. The largest absolute Gasteiger partial charge is 0.478 e. The van der Waals surface area contributed by atoms with E-state index in [-0.39, 0.29) is 17.8 Å². The Balaban J connectivity index is 2.72. The number of hydrogen-bond donors (Lipinski definition) is 4. The standard InChI is InChI=1S/C6H8N6O2/c7-4-10-5(8)12-6(11-4)9-2-1-3(13)14/h1-2H,(H,13,14)(H5,7,8,9,10,11,12)/b2-1-. The average Bonchev–Trinajstić information content (AvgIpc) is 2.01.